The molecule has 0 saturated heterocycles. The molecule has 1 amide bonds. The maximum absolute atomic E-state index is 11.7. The van der Waals surface area contributed by atoms with Gasteiger partial charge >= 0.3 is 0 Å². The third-order valence-corrected chi connectivity index (χ3v) is 3.20. The molecule has 0 aliphatic heterocycles. The van der Waals surface area contributed by atoms with Crippen molar-refractivity contribution in [3.63, 3.8) is 0 Å². The Kier molecular flexibility index (Phi) is 14.6. The molecule has 0 aliphatic rings. The van der Waals surface area contributed by atoms with Crippen LogP contribution in [0.3, 0.4) is 0 Å². The molecule has 0 aliphatic carbocycles. The molecule has 0 aromatic carbocycles. The van der Waals surface area contributed by atoms with Crippen LogP contribution in [0, 0.1) is 5.92 Å². The Labute approximate surface area is 145 Å². The minimum Gasteiger partial charge on any atom is -0.383 e. The van der Waals surface area contributed by atoms with Crippen molar-refractivity contribution < 1.29 is 9.53 Å². The molecule has 0 saturated carbocycles. The van der Waals surface area contributed by atoms with E-state index in [4.69, 9.17) is 4.74 Å². The standard InChI is InChI=1S/C15H25N3O2.2ClH/c1-12(2)14(13-5-4-6-16-9-13)10-18-15(19)11-17-7-8-20-3;;/h4-6,9,12,14,17H,7-8,10-11H2,1-3H3,(H,18,19);2*1H. The molecular formula is C15H27Cl2N3O2. The van der Waals surface area contributed by atoms with Crippen molar-refractivity contribution in [1.29, 1.82) is 0 Å². The van der Waals surface area contributed by atoms with Gasteiger partial charge in [0.05, 0.1) is 13.2 Å². The molecule has 0 fully saturated rings. The number of carbonyl (C=O) groups excluding carboxylic acids is 1. The van der Waals surface area contributed by atoms with Gasteiger partial charge in [0.1, 0.15) is 0 Å². The molecule has 7 heteroatoms. The Morgan fingerprint density at radius 3 is 2.64 bits per heavy atom. The summed E-state index contributed by atoms with van der Waals surface area (Å²) in [7, 11) is 1.64. The largest absolute Gasteiger partial charge is 0.383 e. The second-order valence-corrected chi connectivity index (χ2v) is 5.11. The van der Waals surface area contributed by atoms with Crippen molar-refractivity contribution in [2.24, 2.45) is 5.92 Å². The predicted molar refractivity (Wildman–Crippen MR) is 94.1 cm³/mol. The molecule has 1 heterocycles. The normalized spacial score (nSPS) is 11.3. The molecular weight excluding hydrogens is 325 g/mol. The van der Waals surface area contributed by atoms with Gasteiger partial charge in [0.15, 0.2) is 0 Å². The molecule has 128 valence electrons. The second kappa shape index (κ2) is 13.8. The molecule has 0 spiro atoms. The van der Waals surface area contributed by atoms with Crippen molar-refractivity contribution in [2.45, 2.75) is 19.8 Å². The highest BCUT2D eigenvalue weighted by atomic mass is 35.5. The van der Waals surface area contributed by atoms with Gasteiger partial charge in [-0.1, -0.05) is 19.9 Å². The monoisotopic (exact) mass is 351 g/mol. The number of halogens is 2. The van der Waals surface area contributed by atoms with Crippen molar-refractivity contribution in [3.05, 3.63) is 30.1 Å². The Morgan fingerprint density at radius 2 is 2.09 bits per heavy atom. The number of hydrogen-bond acceptors (Lipinski definition) is 4. The van der Waals surface area contributed by atoms with Crippen LogP contribution in [0.15, 0.2) is 24.5 Å². The number of aromatic nitrogens is 1. The first kappa shape index (κ1) is 23.4. The summed E-state index contributed by atoms with van der Waals surface area (Å²) in [6, 6.07) is 3.99. The third-order valence-electron chi connectivity index (χ3n) is 3.20. The Bertz CT molecular complexity index is 392. The van der Waals surface area contributed by atoms with E-state index in [0.29, 0.717) is 32.2 Å². The number of nitrogens with zero attached hydrogens (tertiary/aromatic N) is 1. The number of pyridine rings is 1. The van der Waals surface area contributed by atoms with Crippen LogP contribution in [0.25, 0.3) is 0 Å². The molecule has 1 unspecified atom stereocenters. The Hall–Kier alpha value is -0.880. The quantitative estimate of drug-likeness (QED) is 0.668. The van der Waals surface area contributed by atoms with Crippen molar-refractivity contribution in [1.82, 2.24) is 15.6 Å². The Morgan fingerprint density at radius 1 is 1.36 bits per heavy atom. The lowest BCUT2D eigenvalue weighted by atomic mass is 9.89. The zero-order valence-electron chi connectivity index (χ0n) is 13.4. The predicted octanol–water partition coefficient (Wildman–Crippen LogP) is 2.02. The summed E-state index contributed by atoms with van der Waals surface area (Å²) in [6.45, 7) is 6.55. The molecule has 1 rings (SSSR count). The molecule has 1 atom stereocenters. The van der Waals surface area contributed by atoms with Gasteiger partial charge in [0.2, 0.25) is 5.91 Å². The van der Waals surface area contributed by atoms with E-state index in [1.54, 1.807) is 13.3 Å². The van der Waals surface area contributed by atoms with Crippen LogP contribution in [0.2, 0.25) is 0 Å². The lowest BCUT2D eigenvalue weighted by Crippen LogP contribution is -2.37. The van der Waals surface area contributed by atoms with Crippen LogP contribution in [0.1, 0.15) is 25.3 Å². The SMILES string of the molecule is COCCNCC(=O)NCC(c1cccnc1)C(C)C.Cl.Cl. The first-order valence-corrected chi connectivity index (χ1v) is 7.01. The lowest BCUT2D eigenvalue weighted by molar-refractivity contribution is -0.120. The maximum Gasteiger partial charge on any atom is 0.233 e. The van der Waals surface area contributed by atoms with Crippen LogP contribution in [0.5, 0.6) is 0 Å². The first-order valence-electron chi connectivity index (χ1n) is 7.01. The van der Waals surface area contributed by atoms with E-state index in [-0.39, 0.29) is 36.6 Å². The molecule has 1 aromatic rings. The molecule has 2 N–H and O–H groups in total. The zero-order chi connectivity index (χ0) is 14.8. The summed E-state index contributed by atoms with van der Waals surface area (Å²) >= 11 is 0. The summed E-state index contributed by atoms with van der Waals surface area (Å²) in [5, 5.41) is 6.00. The smallest absolute Gasteiger partial charge is 0.233 e. The van der Waals surface area contributed by atoms with Gasteiger partial charge in [0.25, 0.3) is 0 Å². The van der Waals surface area contributed by atoms with E-state index in [0.717, 1.165) is 5.56 Å². The molecule has 0 bridgehead atoms. The fourth-order valence-corrected chi connectivity index (χ4v) is 2.00. The summed E-state index contributed by atoms with van der Waals surface area (Å²) in [4.78, 5) is 15.9. The average molecular weight is 352 g/mol. The van der Waals surface area contributed by atoms with E-state index in [2.05, 4.69) is 35.5 Å². The number of methoxy groups -OCH3 is 1. The van der Waals surface area contributed by atoms with E-state index >= 15 is 0 Å². The number of nitrogens with one attached hydrogen (secondary N) is 2. The maximum atomic E-state index is 11.7. The number of rotatable bonds is 9. The van der Waals surface area contributed by atoms with Crippen LogP contribution >= 0.6 is 24.8 Å². The minimum atomic E-state index is 0. The summed E-state index contributed by atoms with van der Waals surface area (Å²) < 4.78 is 4.91. The number of carbonyl (C=O) groups is 1. The van der Waals surface area contributed by atoms with E-state index in [1.165, 1.54) is 0 Å². The topological polar surface area (TPSA) is 63.2 Å². The molecule has 5 nitrogen and oxygen atoms in total. The first-order chi connectivity index (χ1) is 9.65. The van der Waals surface area contributed by atoms with Crippen molar-refractivity contribution in [2.75, 3.05) is 33.4 Å². The number of hydrogen-bond donors (Lipinski definition) is 2. The van der Waals surface area contributed by atoms with Crippen molar-refractivity contribution in [3.8, 4) is 0 Å². The Balaban J connectivity index is 0. The molecule has 1 aromatic heterocycles. The summed E-state index contributed by atoms with van der Waals surface area (Å²) in [5.74, 6) is 0.739. The second-order valence-electron chi connectivity index (χ2n) is 5.11. The summed E-state index contributed by atoms with van der Waals surface area (Å²) in [5.41, 5.74) is 1.16. The van der Waals surface area contributed by atoms with Crippen LogP contribution in [-0.2, 0) is 9.53 Å². The zero-order valence-corrected chi connectivity index (χ0v) is 15.0. The summed E-state index contributed by atoms with van der Waals surface area (Å²) in [6.07, 6.45) is 3.63. The minimum absolute atomic E-state index is 0. The van der Waals surface area contributed by atoms with Gasteiger partial charge in [-0.25, -0.2) is 0 Å². The highest BCUT2D eigenvalue weighted by Gasteiger charge is 2.16. The fourth-order valence-electron chi connectivity index (χ4n) is 2.00. The third kappa shape index (κ3) is 9.20. The van der Waals surface area contributed by atoms with Crippen LogP contribution < -0.4 is 10.6 Å². The van der Waals surface area contributed by atoms with Gasteiger partial charge in [-0.2, -0.15) is 0 Å². The van der Waals surface area contributed by atoms with Crippen LogP contribution in [0.4, 0.5) is 0 Å². The fraction of sp³-hybridized carbons (Fsp3) is 0.600. The van der Waals surface area contributed by atoms with Gasteiger partial charge in [0, 0.05) is 38.5 Å². The average Bonchev–Trinajstić information content (AvgIpc) is 2.44. The molecule has 0 radical (unpaired) electrons. The van der Waals surface area contributed by atoms with Gasteiger partial charge in [-0.3, -0.25) is 9.78 Å². The van der Waals surface area contributed by atoms with Gasteiger partial charge < -0.3 is 15.4 Å². The number of amides is 1. The van der Waals surface area contributed by atoms with Crippen LogP contribution in [-0.4, -0.2) is 44.2 Å². The van der Waals surface area contributed by atoms with Gasteiger partial charge in [-0.05, 0) is 17.5 Å². The van der Waals surface area contributed by atoms with E-state index in [9.17, 15) is 4.79 Å². The highest BCUT2D eigenvalue weighted by molar-refractivity contribution is 5.85. The number of ether oxygens (including phenoxy) is 1. The highest BCUT2D eigenvalue weighted by Crippen LogP contribution is 2.22. The van der Waals surface area contributed by atoms with Crippen molar-refractivity contribution >= 4 is 30.7 Å². The van der Waals surface area contributed by atoms with E-state index < -0.39 is 0 Å². The van der Waals surface area contributed by atoms with Gasteiger partial charge in [-0.15, -0.1) is 24.8 Å². The van der Waals surface area contributed by atoms with E-state index in [1.807, 2.05) is 12.3 Å². The lowest BCUT2D eigenvalue weighted by Gasteiger charge is -2.21. The molecule has 22 heavy (non-hydrogen) atoms.